The lowest BCUT2D eigenvalue weighted by atomic mass is 10.6. The molecule has 0 fully saturated rings. The van der Waals surface area contributed by atoms with E-state index in [0.717, 1.165) is 0 Å². The SMILES string of the molecule is COc1ccsc1S(=N)(N)=O. The second-order valence-corrected chi connectivity index (χ2v) is 4.66. The van der Waals surface area contributed by atoms with Crippen LogP contribution in [0.3, 0.4) is 0 Å². The highest BCUT2D eigenvalue weighted by atomic mass is 32.2. The van der Waals surface area contributed by atoms with E-state index >= 15 is 0 Å². The minimum Gasteiger partial charge on any atom is -0.495 e. The third-order valence-electron chi connectivity index (χ3n) is 1.09. The van der Waals surface area contributed by atoms with Crippen LogP contribution in [0.25, 0.3) is 0 Å². The van der Waals surface area contributed by atoms with Crippen molar-refractivity contribution in [2.75, 3.05) is 7.11 Å². The Labute approximate surface area is 69.1 Å². The predicted molar refractivity (Wildman–Crippen MR) is 44.2 cm³/mol. The fourth-order valence-corrected chi connectivity index (χ4v) is 2.43. The molecule has 1 aromatic rings. The Bertz CT molecular complexity index is 341. The Morgan fingerprint density at radius 2 is 2.45 bits per heavy atom. The van der Waals surface area contributed by atoms with Crippen LogP contribution >= 0.6 is 11.3 Å². The number of ether oxygens (including phenoxy) is 1. The molecule has 0 spiro atoms. The molecule has 0 aromatic carbocycles. The molecule has 0 aliphatic carbocycles. The summed E-state index contributed by atoms with van der Waals surface area (Å²) in [6.45, 7) is 0. The normalized spacial score (nSPS) is 15.8. The molecule has 1 unspecified atom stereocenters. The van der Waals surface area contributed by atoms with E-state index in [1.807, 2.05) is 0 Å². The summed E-state index contributed by atoms with van der Waals surface area (Å²) >= 11 is 1.17. The number of nitrogens with one attached hydrogen (secondary N) is 1. The van der Waals surface area contributed by atoms with Gasteiger partial charge in [0.15, 0.2) is 4.21 Å². The molecule has 0 aliphatic rings. The molecule has 62 valence electrons. The number of hydrogen-bond donors (Lipinski definition) is 2. The molecule has 0 amide bonds. The van der Waals surface area contributed by atoms with Crippen molar-refractivity contribution in [3.63, 3.8) is 0 Å². The summed E-state index contributed by atoms with van der Waals surface area (Å²) in [6.07, 6.45) is 0. The summed E-state index contributed by atoms with van der Waals surface area (Å²) in [7, 11) is -1.65. The summed E-state index contributed by atoms with van der Waals surface area (Å²) in [5, 5.41) is 6.79. The van der Waals surface area contributed by atoms with Gasteiger partial charge in [0.05, 0.1) is 7.11 Å². The van der Waals surface area contributed by atoms with Crippen molar-refractivity contribution in [3.8, 4) is 5.75 Å². The number of nitrogens with two attached hydrogens (primary N) is 1. The summed E-state index contributed by atoms with van der Waals surface area (Å²) in [6, 6.07) is 1.64. The lowest BCUT2D eigenvalue weighted by molar-refractivity contribution is 0.407. The van der Waals surface area contributed by atoms with Gasteiger partial charge in [0.1, 0.15) is 15.7 Å². The van der Waals surface area contributed by atoms with Crippen molar-refractivity contribution >= 4 is 21.3 Å². The third kappa shape index (κ3) is 1.70. The second kappa shape index (κ2) is 2.80. The van der Waals surface area contributed by atoms with Crippen LogP contribution in [0.15, 0.2) is 15.7 Å². The molecular weight excluding hydrogens is 184 g/mol. The van der Waals surface area contributed by atoms with Gasteiger partial charge >= 0.3 is 0 Å². The zero-order chi connectivity index (χ0) is 8.48. The maximum absolute atomic E-state index is 11.0. The average molecular weight is 192 g/mol. The third-order valence-corrected chi connectivity index (χ3v) is 3.56. The Balaban J connectivity index is 3.24. The van der Waals surface area contributed by atoms with E-state index in [4.69, 9.17) is 14.7 Å². The molecule has 1 aromatic heterocycles. The van der Waals surface area contributed by atoms with E-state index in [9.17, 15) is 4.21 Å². The van der Waals surface area contributed by atoms with Gasteiger partial charge < -0.3 is 4.74 Å². The number of rotatable bonds is 2. The molecule has 3 N–H and O–H groups in total. The molecule has 1 heterocycles. The van der Waals surface area contributed by atoms with Crippen LogP contribution in [-0.2, 0) is 9.92 Å². The van der Waals surface area contributed by atoms with Crippen molar-refractivity contribution in [3.05, 3.63) is 11.4 Å². The smallest absolute Gasteiger partial charge is 0.156 e. The largest absolute Gasteiger partial charge is 0.495 e. The minimum absolute atomic E-state index is 0.292. The van der Waals surface area contributed by atoms with E-state index in [2.05, 4.69) is 0 Å². The highest BCUT2D eigenvalue weighted by Gasteiger charge is 2.11. The predicted octanol–water partition coefficient (Wildman–Crippen LogP) is 1.04. The second-order valence-electron chi connectivity index (χ2n) is 1.88. The van der Waals surface area contributed by atoms with Crippen molar-refractivity contribution < 1.29 is 8.95 Å². The summed E-state index contributed by atoms with van der Waals surface area (Å²) in [4.78, 5) is 0. The van der Waals surface area contributed by atoms with E-state index < -0.39 is 9.92 Å². The molecule has 0 bridgehead atoms. The van der Waals surface area contributed by atoms with E-state index in [1.54, 1.807) is 11.4 Å². The number of thiophene rings is 1. The van der Waals surface area contributed by atoms with Gasteiger partial charge in [-0.25, -0.2) is 14.1 Å². The fraction of sp³-hybridized carbons (Fsp3) is 0.200. The Hall–Kier alpha value is -0.590. The van der Waals surface area contributed by atoms with Crippen molar-refractivity contribution in [1.82, 2.24) is 0 Å². The summed E-state index contributed by atoms with van der Waals surface area (Å²) in [5.41, 5.74) is 0. The topological polar surface area (TPSA) is 76.2 Å². The standard InChI is InChI=1S/C5H8N2O2S2/c1-9-4-2-3-10-5(4)11(6,7)8/h2-3H,1H3,(H3,6,7,8). The molecule has 0 saturated carbocycles. The minimum atomic E-state index is -3.11. The first-order valence-electron chi connectivity index (χ1n) is 2.73. The van der Waals surface area contributed by atoms with Crippen molar-refractivity contribution in [2.45, 2.75) is 4.21 Å². The van der Waals surface area contributed by atoms with Gasteiger partial charge in [0.25, 0.3) is 0 Å². The zero-order valence-electron chi connectivity index (χ0n) is 5.87. The van der Waals surface area contributed by atoms with E-state index in [-0.39, 0.29) is 0 Å². The molecule has 1 atom stereocenters. The first kappa shape index (κ1) is 8.51. The maximum atomic E-state index is 11.0. The lowest BCUT2D eigenvalue weighted by Crippen LogP contribution is -2.09. The van der Waals surface area contributed by atoms with E-state index in [1.165, 1.54) is 18.4 Å². The van der Waals surface area contributed by atoms with Gasteiger partial charge in [-0.05, 0) is 11.4 Å². The van der Waals surface area contributed by atoms with Gasteiger partial charge in [-0.2, -0.15) is 0 Å². The van der Waals surface area contributed by atoms with E-state index in [0.29, 0.717) is 9.96 Å². The Morgan fingerprint density at radius 1 is 1.82 bits per heavy atom. The Kier molecular flexibility index (Phi) is 2.17. The van der Waals surface area contributed by atoms with Gasteiger partial charge in [0.2, 0.25) is 0 Å². The molecule has 4 nitrogen and oxygen atoms in total. The molecule has 0 saturated heterocycles. The highest BCUT2D eigenvalue weighted by molar-refractivity contribution is 7.92. The quantitative estimate of drug-likeness (QED) is 0.734. The van der Waals surface area contributed by atoms with Crippen LogP contribution in [-0.4, -0.2) is 11.3 Å². The summed E-state index contributed by atoms with van der Waals surface area (Å²) < 4.78 is 23.2. The molecule has 1 rings (SSSR count). The zero-order valence-corrected chi connectivity index (χ0v) is 7.50. The fourth-order valence-electron chi connectivity index (χ4n) is 0.656. The van der Waals surface area contributed by atoms with Crippen molar-refractivity contribution in [1.29, 1.82) is 4.78 Å². The number of hydrogen-bond acceptors (Lipinski definition) is 4. The van der Waals surface area contributed by atoms with Crippen LogP contribution < -0.4 is 9.88 Å². The van der Waals surface area contributed by atoms with Crippen LogP contribution in [0.2, 0.25) is 0 Å². The lowest BCUT2D eigenvalue weighted by Gasteiger charge is -2.00. The summed E-state index contributed by atoms with van der Waals surface area (Å²) in [5.74, 6) is 0.428. The van der Waals surface area contributed by atoms with Gasteiger partial charge in [-0.1, -0.05) is 0 Å². The average Bonchev–Trinajstić information content (AvgIpc) is 2.31. The molecular formula is C5H8N2O2S2. The van der Waals surface area contributed by atoms with Crippen molar-refractivity contribution in [2.24, 2.45) is 5.14 Å². The first-order valence-corrected chi connectivity index (χ1v) is 5.24. The van der Waals surface area contributed by atoms with Crippen LogP contribution in [0, 0.1) is 4.78 Å². The van der Waals surface area contributed by atoms with Crippen LogP contribution in [0.1, 0.15) is 0 Å². The maximum Gasteiger partial charge on any atom is 0.156 e. The van der Waals surface area contributed by atoms with Gasteiger partial charge in [-0.15, -0.1) is 11.3 Å². The molecule has 6 heteroatoms. The number of methoxy groups -OCH3 is 1. The first-order chi connectivity index (χ1) is 5.05. The molecule has 0 radical (unpaired) electrons. The van der Waals surface area contributed by atoms with Gasteiger partial charge in [0, 0.05) is 0 Å². The highest BCUT2D eigenvalue weighted by Crippen LogP contribution is 2.28. The van der Waals surface area contributed by atoms with Crippen LogP contribution in [0.4, 0.5) is 0 Å². The van der Waals surface area contributed by atoms with Crippen LogP contribution in [0.5, 0.6) is 5.75 Å². The monoisotopic (exact) mass is 192 g/mol. The Morgan fingerprint density at radius 3 is 2.82 bits per heavy atom. The molecule has 0 aliphatic heterocycles. The van der Waals surface area contributed by atoms with Gasteiger partial charge in [-0.3, -0.25) is 0 Å². The molecule has 11 heavy (non-hydrogen) atoms.